The maximum absolute atomic E-state index is 6.04. The monoisotopic (exact) mass is 303 g/mol. The van der Waals surface area contributed by atoms with Crippen LogP contribution in [0, 0.1) is 0 Å². The van der Waals surface area contributed by atoms with Crippen molar-refractivity contribution in [3.05, 3.63) is 0 Å². The van der Waals surface area contributed by atoms with E-state index in [1.807, 2.05) is 20.8 Å². The number of nitrogens with one attached hydrogen (secondary N) is 1. The van der Waals surface area contributed by atoms with Gasteiger partial charge in [0.2, 0.25) is 0 Å². The van der Waals surface area contributed by atoms with E-state index in [4.69, 9.17) is 13.3 Å². The van der Waals surface area contributed by atoms with Gasteiger partial charge >= 0.3 is 8.80 Å². The first-order chi connectivity index (χ1) is 9.72. The van der Waals surface area contributed by atoms with Crippen molar-refractivity contribution in [2.45, 2.75) is 77.9 Å². The van der Waals surface area contributed by atoms with Gasteiger partial charge in [-0.2, -0.15) is 0 Å². The van der Waals surface area contributed by atoms with Crippen LogP contribution < -0.4 is 5.32 Å². The summed E-state index contributed by atoms with van der Waals surface area (Å²) in [5.74, 6) is 0. The van der Waals surface area contributed by atoms with Crippen LogP contribution in [0.1, 0.15) is 66.2 Å². The van der Waals surface area contributed by atoms with Gasteiger partial charge < -0.3 is 18.6 Å². The Morgan fingerprint density at radius 1 is 0.900 bits per heavy atom. The normalized spacial score (nSPS) is 19.2. The fraction of sp³-hybridized carbons (Fsp3) is 1.00. The van der Waals surface area contributed by atoms with Crippen molar-refractivity contribution in [3.8, 4) is 0 Å². The van der Waals surface area contributed by atoms with Gasteiger partial charge in [-0.05, 0) is 40.0 Å². The third-order valence-corrected chi connectivity index (χ3v) is 7.42. The Morgan fingerprint density at radius 3 is 1.80 bits per heavy atom. The Balaban J connectivity index is 2.75. The number of hydrogen-bond donors (Lipinski definition) is 1. The zero-order chi connectivity index (χ0) is 14.8. The van der Waals surface area contributed by atoms with Gasteiger partial charge in [-0.25, -0.2) is 0 Å². The second-order valence-corrected chi connectivity index (χ2v) is 8.14. The molecule has 1 atom stereocenters. The van der Waals surface area contributed by atoms with Gasteiger partial charge in [-0.15, -0.1) is 0 Å². The van der Waals surface area contributed by atoms with Crippen LogP contribution in [0.2, 0.25) is 0 Å². The van der Waals surface area contributed by atoms with E-state index in [1.54, 1.807) is 0 Å². The molecule has 1 fully saturated rings. The molecule has 1 aliphatic carbocycles. The molecule has 0 aliphatic heterocycles. The maximum Gasteiger partial charge on any atom is 0.518 e. The summed E-state index contributed by atoms with van der Waals surface area (Å²) in [7, 11) is -2.62. The fourth-order valence-electron chi connectivity index (χ4n) is 3.05. The predicted octanol–water partition coefficient (Wildman–Crippen LogP) is 3.27. The molecule has 0 heterocycles. The Bertz CT molecular complexity index is 230. The van der Waals surface area contributed by atoms with E-state index < -0.39 is 8.80 Å². The van der Waals surface area contributed by atoms with Crippen LogP contribution in [0.4, 0.5) is 0 Å². The van der Waals surface area contributed by atoms with Gasteiger partial charge in [0.15, 0.2) is 0 Å². The SMILES string of the molecule is CCO[Si](OCC)(OCC)C(CC)NC1CCCCC1. The van der Waals surface area contributed by atoms with Crippen LogP contribution in [0.25, 0.3) is 0 Å². The molecule has 1 N–H and O–H groups in total. The molecule has 5 heteroatoms. The lowest BCUT2D eigenvalue weighted by molar-refractivity contribution is 0.0549. The summed E-state index contributed by atoms with van der Waals surface area (Å²) in [6.45, 7) is 10.2. The molecule has 20 heavy (non-hydrogen) atoms. The first kappa shape index (κ1) is 18.1. The third kappa shape index (κ3) is 5.11. The van der Waals surface area contributed by atoms with Crippen LogP contribution >= 0.6 is 0 Å². The summed E-state index contributed by atoms with van der Waals surface area (Å²) >= 11 is 0. The fourth-order valence-corrected chi connectivity index (χ4v) is 6.05. The Hall–Kier alpha value is 0.0569. The van der Waals surface area contributed by atoms with E-state index in [9.17, 15) is 0 Å². The van der Waals surface area contributed by atoms with Crippen molar-refractivity contribution in [3.63, 3.8) is 0 Å². The van der Waals surface area contributed by atoms with Crippen LogP contribution in [0.5, 0.6) is 0 Å². The van der Waals surface area contributed by atoms with Gasteiger partial charge in [-0.1, -0.05) is 26.2 Å². The average molecular weight is 304 g/mol. The first-order valence-electron chi connectivity index (χ1n) is 8.40. The topological polar surface area (TPSA) is 39.7 Å². The van der Waals surface area contributed by atoms with Crippen molar-refractivity contribution in [1.82, 2.24) is 5.32 Å². The lowest BCUT2D eigenvalue weighted by Gasteiger charge is -2.38. The highest BCUT2D eigenvalue weighted by Gasteiger charge is 2.49. The molecule has 0 amide bonds. The minimum atomic E-state index is -2.62. The van der Waals surface area contributed by atoms with Crippen molar-refractivity contribution in [1.29, 1.82) is 0 Å². The molecule has 1 saturated carbocycles. The van der Waals surface area contributed by atoms with Gasteiger partial charge in [0.25, 0.3) is 0 Å². The van der Waals surface area contributed by atoms with Gasteiger partial charge in [0.05, 0.1) is 5.67 Å². The van der Waals surface area contributed by atoms with Crippen LogP contribution in [-0.2, 0) is 13.3 Å². The molecule has 0 aromatic carbocycles. The molecule has 0 aromatic rings. The van der Waals surface area contributed by atoms with Gasteiger partial charge in [0, 0.05) is 25.9 Å². The number of hydrogen-bond acceptors (Lipinski definition) is 4. The van der Waals surface area contributed by atoms with E-state index in [0.717, 1.165) is 6.42 Å². The zero-order valence-corrected chi connectivity index (χ0v) is 14.7. The first-order valence-corrected chi connectivity index (χ1v) is 10.2. The van der Waals surface area contributed by atoms with Crippen LogP contribution in [0.3, 0.4) is 0 Å². The molecule has 0 radical (unpaired) electrons. The molecule has 4 nitrogen and oxygen atoms in total. The van der Waals surface area contributed by atoms with E-state index >= 15 is 0 Å². The summed E-state index contributed by atoms with van der Waals surface area (Å²) in [5.41, 5.74) is 0.213. The van der Waals surface area contributed by atoms with E-state index in [2.05, 4.69) is 12.2 Å². The van der Waals surface area contributed by atoms with Crippen molar-refractivity contribution in [2.24, 2.45) is 0 Å². The molecule has 0 aromatic heterocycles. The Labute approximate surface area is 125 Å². The van der Waals surface area contributed by atoms with Gasteiger partial charge in [-0.3, -0.25) is 0 Å². The Morgan fingerprint density at radius 2 is 1.40 bits per heavy atom. The number of rotatable bonds is 10. The molecule has 0 saturated heterocycles. The highest BCUT2D eigenvalue weighted by atomic mass is 28.4. The molecule has 1 unspecified atom stereocenters. The molecular weight excluding hydrogens is 270 g/mol. The molecule has 0 bridgehead atoms. The summed E-state index contributed by atoms with van der Waals surface area (Å²) in [5, 5.41) is 3.79. The maximum atomic E-state index is 6.04. The molecule has 1 rings (SSSR count). The molecule has 0 spiro atoms. The quantitative estimate of drug-likeness (QED) is 0.629. The molecule has 1 aliphatic rings. The smallest absolute Gasteiger partial charge is 0.373 e. The van der Waals surface area contributed by atoms with Crippen LogP contribution in [-0.4, -0.2) is 40.3 Å². The second-order valence-electron chi connectivity index (χ2n) is 5.37. The molecule has 120 valence electrons. The minimum Gasteiger partial charge on any atom is -0.373 e. The highest BCUT2D eigenvalue weighted by Crippen LogP contribution is 2.23. The van der Waals surface area contributed by atoms with Gasteiger partial charge in [0.1, 0.15) is 0 Å². The van der Waals surface area contributed by atoms with E-state index in [1.165, 1.54) is 32.1 Å². The largest absolute Gasteiger partial charge is 0.518 e. The summed E-state index contributed by atoms with van der Waals surface area (Å²) in [6, 6.07) is 0.599. The lowest BCUT2D eigenvalue weighted by atomic mass is 9.95. The Kier molecular flexibility index (Phi) is 8.96. The van der Waals surface area contributed by atoms with E-state index in [0.29, 0.717) is 25.9 Å². The summed E-state index contributed by atoms with van der Waals surface area (Å²) < 4.78 is 18.1. The second kappa shape index (κ2) is 9.90. The predicted molar refractivity (Wildman–Crippen MR) is 84.7 cm³/mol. The lowest BCUT2D eigenvalue weighted by Crippen LogP contribution is -2.63. The van der Waals surface area contributed by atoms with Crippen LogP contribution in [0.15, 0.2) is 0 Å². The zero-order valence-electron chi connectivity index (χ0n) is 13.7. The van der Waals surface area contributed by atoms with Crippen molar-refractivity contribution in [2.75, 3.05) is 19.8 Å². The van der Waals surface area contributed by atoms with E-state index in [-0.39, 0.29) is 5.67 Å². The molecular formula is C15H33NO3Si. The summed E-state index contributed by atoms with van der Waals surface area (Å²) in [6.07, 6.45) is 7.57. The van der Waals surface area contributed by atoms with Crippen molar-refractivity contribution < 1.29 is 13.3 Å². The summed E-state index contributed by atoms with van der Waals surface area (Å²) in [4.78, 5) is 0. The minimum absolute atomic E-state index is 0.213. The average Bonchev–Trinajstić information content (AvgIpc) is 2.46. The third-order valence-electron chi connectivity index (χ3n) is 3.91. The highest BCUT2D eigenvalue weighted by molar-refractivity contribution is 6.62. The van der Waals surface area contributed by atoms with Crippen molar-refractivity contribution >= 4 is 8.80 Å². The standard InChI is InChI=1S/C15H33NO3Si/c1-5-15(16-14-12-10-9-11-13-14)20(17-6-2,18-7-3)19-8-4/h14-16H,5-13H2,1-4H3.